The zero-order chi connectivity index (χ0) is 7.66. The van der Waals surface area contributed by atoms with Crippen LogP contribution in [-0.4, -0.2) is 18.5 Å². The van der Waals surface area contributed by atoms with Gasteiger partial charge in [0.25, 0.3) is 0 Å². The minimum atomic E-state index is 0.617. The van der Waals surface area contributed by atoms with Gasteiger partial charge in [0.2, 0.25) is 6.08 Å². The summed E-state index contributed by atoms with van der Waals surface area (Å²) in [6.07, 6.45) is 5.79. The van der Waals surface area contributed by atoms with Crippen LogP contribution in [0.15, 0.2) is 4.99 Å². The number of isocyanates is 1. The fraction of sp³-hybridized carbons (Fsp3) is 0.857. The molecule has 0 aliphatic heterocycles. The quantitative estimate of drug-likeness (QED) is 0.254. The number of aliphatic imine (C=N–C) groups is 1. The van der Waals surface area contributed by atoms with Crippen molar-refractivity contribution in [3.05, 3.63) is 0 Å². The topological polar surface area (TPSA) is 29.4 Å². The van der Waals surface area contributed by atoms with Gasteiger partial charge in [-0.2, -0.15) is 0 Å². The van der Waals surface area contributed by atoms with Crippen LogP contribution < -0.4 is 0 Å². The first-order valence-corrected chi connectivity index (χ1v) is 4.05. The maximum absolute atomic E-state index is 9.58. The molecule has 0 aliphatic carbocycles. The second-order valence-electron chi connectivity index (χ2n) is 2.08. The molecule has 0 fully saturated rings. The Bertz CT molecular complexity index is 110. The SMILES string of the molecule is O=C=NCCCCCCCl. The van der Waals surface area contributed by atoms with Gasteiger partial charge in [-0.1, -0.05) is 12.8 Å². The van der Waals surface area contributed by atoms with Crippen LogP contribution in [0.25, 0.3) is 0 Å². The first-order chi connectivity index (χ1) is 4.91. The van der Waals surface area contributed by atoms with E-state index in [0.717, 1.165) is 31.6 Å². The third-order valence-corrected chi connectivity index (χ3v) is 1.49. The number of alkyl halides is 1. The van der Waals surface area contributed by atoms with Gasteiger partial charge < -0.3 is 0 Å². The molecule has 58 valence electrons. The predicted octanol–water partition coefficient (Wildman–Crippen LogP) is 2.12. The largest absolute Gasteiger partial charge is 0.234 e. The molecule has 0 aromatic rings. The van der Waals surface area contributed by atoms with E-state index >= 15 is 0 Å². The van der Waals surface area contributed by atoms with Gasteiger partial charge in [-0.15, -0.1) is 11.6 Å². The molecule has 0 unspecified atom stereocenters. The number of unbranched alkanes of at least 4 members (excludes halogenated alkanes) is 3. The molecular formula is C7H12ClNO. The van der Waals surface area contributed by atoms with E-state index in [-0.39, 0.29) is 0 Å². The van der Waals surface area contributed by atoms with Crippen molar-refractivity contribution in [2.24, 2.45) is 4.99 Å². The fourth-order valence-electron chi connectivity index (χ4n) is 0.685. The molecule has 0 aromatic heterocycles. The van der Waals surface area contributed by atoms with Gasteiger partial charge in [0.15, 0.2) is 0 Å². The van der Waals surface area contributed by atoms with E-state index in [1.165, 1.54) is 6.08 Å². The summed E-state index contributed by atoms with van der Waals surface area (Å²) >= 11 is 5.46. The molecule has 0 aliphatic rings. The van der Waals surface area contributed by atoms with Crippen molar-refractivity contribution in [1.29, 1.82) is 0 Å². The zero-order valence-corrected chi connectivity index (χ0v) is 6.73. The van der Waals surface area contributed by atoms with Crippen molar-refractivity contribution < 1.29 is 4.79 Å². The zero-order valence-electron chi connectivity index (χ0n) is 5.98. The molecule has 0 radical (unpaired) electrons. The summed E-state index contributed by atoms with van der Waals surface area (Å²) in [5.41, 5.74) is 0. The van der Waals surface area contributed by atoms with Crippen molar-refractivity contribution in [3.8, 4) is 0 Å². The Morgan fingerprint density at radius 2 is 1.90 bits per heavy atom. The van der Waals surface area contributed by atoms with Crippen molar-refractivity contribution in [2.75, 3.05) is 12.4 Å². The Balaban J connectivity index is 2.83. The molecule has 0 atom stereocenters. The maximum atomic E-state index is 9.58. The van der Waals surface area contributed by atoms with Gasteiger partial charge in [-0.3, -0.25) is 0 Å². The van der Waals surface area contributed by atoms with E-state index in [2.05, 4.69) is 4.99 Å². The van der Waals surface area contributed by atoms with Gasteiger partial charge in [-0.05, 0) is 12.8 Å². The van der Waals surface area contributed by atoms with Crippen molar-refractivity contribution >= 4 is 17.7 Å². The van der Waals surface area contributed by atoms with Crippen LogP contribution >= 0.6 is 11.6 Å². The summed E-state index contributed by atoms with van der Waals surface area (Å²) in [6, 6.07) is 0. The Hall–Kier alpha value is -0.330. The number of hydrogen-bond acceptors (Lipinski definition) is 2. The second kappa shape index (κ2) is 8.67. The van der Waals surface area contributed by atoms with E-state index in [0.29, 0.717) is 6.54 Å². The molecule has 10 heavy (non-hydrogen) atoms. The summed E-state index contributed by atoms with van der Waals surface area (Å²) in [4.78, 5) is 13.0. The highest BCUT2D eigenvalue weighted by molar-refractivity contribution is 6.17. The number of rotatable bonds is 6. The third kappa shape index (κ3) is 7.67. The Morgan fingerprint density at radius 1 is 1.20 bits per heavy atom. The molecule has 0 N–H and O–H groups in total. The van der Waals surface area contributed by atoms with Crippen LogP contribution in [0, 0.1) is 0 Å². The van der Waals surface area contributed by atoms with Crippen molar-refractivity contribution in [1.82, 2.24) is 0 Å². The first kappa shape index (κ1) is 9.67. The van der Waals surface area contributed by atoms with Crippen LogP contribution in [-0.2, 0) is 4.79 Å². The molecule has 0 amide bonds. The predicted molar refractivity (Wildman–Crippen MR) is 42.2 cm³/mol. The summed E-state index contributed by atoms with van der Waals surface area (Å²) in [5, 5.41) is 0. The van der Waals surface area contributed by atoms with Crippen molar-refractivity contribution in [3.63, 3.8) is 0 Å². The monoisotopic (exact) mass is 161 g/mol. The van der Waals surface area contributed by atoms with Gasteiger partial charge in [0, 0.05) is 5.88 Å². The van der Waals surface area contributed by atoms with E-state index in [1.807, 2.05) is 0 Å². The van der Waals surface area contributed by atoms with E-state index in [9.17, 15) is 4.79 Å². The maximum Gasteiger partial charge on any atom is 0.234 e. The lowest BCUT2D eigenvalue weighted by Crippen LogP contribution is -1.82. The average Bonchev–Trinajstić information content (AvgIpc) is 1.97. The molecule has 0 aromatic carbocycles. The highest BCUT2D eigenvalue weighted by atomic mass is 35.5. The van der Waals surface area contributed by atoms with Gasteiger partial charge in [0.05, 0.1) is 6.54 Å². The summed E-state index contributed by atoms with van der Waals surface area (Å²) in [7, 11) is 0. The standard InChI is InChI=1S/C7H12ClNO/c8-5-3-1-2-4-6-9-7-10/h1-6H2. The Labute approximate surface area is 66.3 Å². The number of hydrogen-bond donors (Lipinski definition) is 0. The lowest BCUT2D eigenvalue weighted by molar-refractivity contribution is 0.561. The third-order valence-electron chi connectivity index (χ3n) is 1.22. The molecule has 0 spiro atoms. The highest BCUT2D eigenvalue weighted by Crippen LogP contribution is 2.00. The fourth-order valence-corrected chi connectivity index (χ4v) is 0.874. The number of halogens is 1. The van der Waals surface area contributed by atoms with E-state index in [1.54, 1.807) is 0 Å². The molecule has 3 heteroatoms. The lowest BCUT2D eigenvalue weighted by Gasteiger charge is -1.93. The van der Waals surface area contributed by atoms with Crippen LogP contribution in [0.1, 0.15) is 25.7 Å². The Kier molecular flexibility index (Phi) is 8.38. The van der Waals surface area contributed by atoms with E-state index in [4.69, 9.17) is 11.6 Å². The van der Waals surface area contributed by atoms with Gasteiger partial charge in [0.1, 0.15) is 0 Å². The lowest BCUT2D eigenvalue weighted by atomic mass is 10.2. The number of nitrogens with zero attached hydrogens (tertiary/aromatic N) is 1. The van der Waals surface area contributed by atoms with Gasteiger partial charge >= 0.3 is 0 Å². The highest BCUT2D eigenvalue weighted by Gasteiger charge is 1.86. The molecule has 2 nitrogen and oxygen atoms in total. The molecule has 0 heterocycles. The first-order valence-electron chi connectivity index (χ1n) is 3.51. The second-order valence-corrected chi connectivity index (χ2v) is 2.45. The smallest absolute Gasteiger partial charge is 0.211 e. The molecule has 0 rings (SSSR count). The molecule has 0 saturated carbocycles. The van der Waals surface area contributed by atoms with E-state index < -0.39 is 0 Å². The Morgan fingerprint density at radius 3 is 2.50 bits per heavy atom. The normalized spacial score (nSPS) is 8.90. The minimum Gasteiger partial charge on any atom is -0.211 e. The average molecular weight is 162 g/mol. The summed E-state index contributed by atoms with van der Waals surface area (Å²) in [5.74, 6) is 0.733. The van der Waals surface area contributed by atoms with Crippen LogP contribution in [0.3, 0.4) is 0 Å². The van der Waals surface area contributed by atoms with Gasteiger partial charge in [-0.25, -0.2) is 9.79 Å². The summed E-state index contributed by atoms with van der Waals surface area (Å²) < 4.78 is 0. The minimum absolute atomic E-state index is 0.617. The number of carbonyl (C=O) groups excluding carboxylic acids is 1. The van der Waals surface area contributed by atoms with Crippen LogP contribution in [0.2, 0.25) is 0 Å². The molecule has 0 bridgehead atoms. The molecule has 0 saturated heterocycles. The van der Waals surface area contributed by atoms with Crippen LogP contribution in [0.5, 0.6) is 0 Å². The molecular weight excluding hydrogens is 150 g/mol. The van der Waals surface area contributed by atoms with Crippen molar-refractivity contribution in [2.45, 2.75) is 25.7 Å². The van der Waals surface area contributed by atoms with Crippen LogP contribution in [0.4, 0.5) is 0 Å². The summed E-state index contributed by atoms with van der Waals surface area (Å²) in [6.45, 7) is 0.617.